The summed E-state index contributed by atoms with van der Waals surface area (Å²) in [6, 6.07) is 40.2. The molecule has 262 valence electrons. The number of urea groups is 1. The van der Waals surface area contributed by atoms with Crippen molar-refractivity contribution in [2.45, 2.75) is 56.8 Å². The summed E-state index contributed by atoms with van der Waals surface area (Å²) in [6.45, 7) is 1.06. The van der Waals surface area contributed by atoms with Crippen LogP contribution in [0.5, 0.6) is 0 Å². The third kappa shape index (κ3) is 7.27. The molecule has 4 N–H and O–H groups in total. The standard InChI is InChI=1S/C42H40N6O3S/c49-40-36(22-28-10-3-1-4-11-28)47(26-30-14-9-15-33(21-30)43-25-39-45-35-16-7-8-17-38(35)52-39)42(51)48(27-31-18-19-34-32(20-31)24-44-46-34)37(41(40)50)23-29-12-5-2-6-13-29/h1-21,24,36-37,40-41,43,49-50H,22-23,25-27H2,(H,44,46)/t36-,37-,40+,41+/m1/s1. The molecule has 10 heteroatoms. The van der Waals surface area contributed by atoms with Crippen LogP contribution in [0.3, 0.4) is 0 Å². The minimum atomic E-state index is -1.21. The van der Waals surface area contributed by atoms with Crippen LogP contribution in [0.2, 0.25) is 0 Å². The molecule has 1 aliphatic heterocycles. The Morgan fingerprint density at radius 2 is 1.31 bits per heavy atom. The van der Waals surface area contributed by atoms with E-state index < -0.39 is 24.3 Å². The lowest BCUT2D eigenvalue weighted by Crippen LogP contribution is -2.50. The molecule has 1 fully saturated rings. The zero-order chi connectivity index (χ0) is 35.4. The van der Waals surface area contributed by atoms with Crippen molar-refractivity contribution < 1.29 is 15.0 Å². The number of amides is 2. The Balaban J connectivity index is 1.13. The molecule has 0 saturated carbocycles. The maximum atomic E-state index is 15.1. The third-order valence-electron chi connectivity index (χ3n) is 9.93. The minimum Gasteiger partial charge on any atom is -0.388 e. The Morgan fingerprint density at radius 1 is 0.692 bits per heavy atom. The third-order valence-corrected chi connectivity index (χ3v) is 11.0. The van der Waals surface area contributed by atoms with Crippen LogP contribution >= 0.6 is 11.3 Å². The Morgan fingerprint density at radius 3 is 1.98 bits per heavy atom. The number of aliphatic hydroxyl groups excluding tert-OH is 2. The van der Waals surface area contributed by atoms with E-state index in [1.807, 2.05) is 121 Å². The van der Waals surface area contributed by atoms with Gasteiger partial charge in [-0.25, -0.2) is 9.78 Å². The predicted octanol–water partition coefficient (Wildman–Crippen LogP) is 7.17. The summed E-state index contributed by atoms with van der Waals surface area (Å²) in [5.74, 6) is 0. The number of carbonyl (C=O) groups excluding carboxylic acids is 1. The van der Waals surface area contributed by atoms with Crippen LogP contribution in [-0.4, -0.2) is 65.5 Å². The summed E-state index contributed by atoms with van der Waals surface area (Å²) in [4.78, 5) is 23.4. The fourth-order valence-electron chi connectivity index (χ4n) is 7.25. The zero-order valence-electron chi connectivity index (χ0n) is 28.5. The highest BCUT2D eigenvalue weighted by molar-refractivity contribution is 7.18. The molecule has 8 rings (SSSR count). The molecule has 4 atom stereocenters. The molecule has 52 heavy (non-hydrogen) atoms. The lowest BCUT2D eigenvalue weighted by molar-refractivity contribution is -0.0408. The van der Waals surface area contributed by atoms with E-state index in [-0.39, 0.29) is 19.1 Å². The average Bonchev–Trinajstić information content (AvgIpc) is 3.82. The molecule has 0 bridgehead atoms. The number of hydrogen-bond donors (Lipinski definition) is 4. The number of rotatable bonds is 11. The zero-order valence-corrected chi connectivity index (χ0v) is 29.4. The normalized spacial score (nSPS) is 19.3. The topological polar surface area (TPSA) is 118 Å². The molecule has 2 aromatic heterocycles. The van der Waals surface area contributed by atoms with Gasteiger partial charge < -0.3 is 25.3 Å². The maximum absolute atomic E-state index is 15.1. The highest BCUT2D eigenvalue weighted by Gasteiger charge is 2.46. The molecule has 1 saturated heterocycles. The molecule has 9 nitrogen and oxygen atoms in total. The van der Waals surface area contributed by atoms with Crippen LogP contribution in [-0.2, 0) is 32.5 Å². The summed E-state index contributed by atoms with van der Waals surface area (Å²) in [6.07, 6.45) is 0.119. The number of nitrogens with zero attached hydrogens (tertiary/aromatic N) is 4. The Bertz CT molecular complexity index is 2240. The number of para-hydroxylation sites is 1. The van der Waals surface area contributed by atoms with Crippen LogP contribution in [0.1, 0.15) is 27.3 Å². The number of aromatic amines is 1. The number of nitrogens with one attached hydrogen (secondary N) is 2. The van der Waals surface area contributed by atoms with Crippen molar-refractivity contribution in [1.29, 1.82) is 0 Å². The number of fused-ring (bicyclic) bond motifs is 2. The van der Waals surface area contributed by atoms with Crippen LogP contribution in [0.15, 0.2) is 134 Å². The van der Waals surface area contributed by atoms with Gasteiger partial charge in [0.05, 0.1) is 40.6 Å². The van der Waals surface area contributed by atoms with Crippen LogP contribution in [0.25, 0.3) is 21.1 Å². The minimum absolute atomic E-state index is 0.238. The molecule has 0 aliphatic carbocycles. The van der Waals surface area contributed by atoms with Crippen LogP contribution < -0.4 is 5.32 Å². The first-order chi connectivity index (χ1) is 25.5. The lowest BCUT2D eigenvalue weighted by atomic mass is 9.91. The quantitative estimate of drug-likeness (QED) is 0.113. The fourth-order valence-corrected chi connectivity index (χ4v) is 8.16. The van der Waals surface area contributed by atoms with Crippen LogP contribution in [0.4, 0.5) is 10.5 Å². The molecule has 0 spiro atoms. The van der Waals surface area contributed by atoms with E-state index in [9.17, 15) is 10.2 Å². The highest BCUT2D eigenvalue weighted by Crippen LogP contribution is 2.31. The van der Waals surface area contributed by atoms with Crippen molar-refractivity contribution in [3.63, 3.8) is 0 Å². The molecule has 2 amide bonds. The van der Waals surface area contributed by atoms with Crippen molar-refractivity contribution in [2.75, 3.05) is 5.32 Å². The lowest BCUT2D eigenvalue weighted by Gasteiger charge is -2.36. The summed E-state index contributed by atoms with van der Waals surface area (Å²) in [5.41, 5.74) is 6.56. The van der Waals surface area contributed by atoms with Gasteiger partial charge in [0.1, 0.15) is 17.2 Å². The van der Waals surface area contributed by atoms with Gasteiger partial charge in [0.25, 0.3) is 0 Å². The smallest absolute Gasteiger partial charge is 0.321 e. The number of carbonyl (C=O) groups is 1. The molecule has 1 aliphatic rings. The van der Waals surface area contributed by atoms with E-state index in [0.717, 1.165) is 54.1 Å². The molecule has 0 radical (unpaired) electrons. The van der Waals surface area contributed by atoms with E-state index in [0.29, 0.717) is 19.4 Å². The highest BCUT2D eigenvalue weighted by atomic mass is 32.1. The van der Waals surface area contributed by atoms with E-state index in [2.05, 4.69) is 21.6 Å². The number of anilines is 1. The summed E-state index contributed by atoms with van der Waals surface area (Å²) in [7, 11) is 0. The average molecular weight is 709 g/mol. The first-order valence-electron chi connectivity index (χ1n) is 17.6. The second-order valence-electron chi connectivity index (χ2n) is 13.5. The second kappa shape index (κ2) is 15.0. The summed E-state index contributed by atoms with van der Waals surface area (Å²) >= 11 is 1.67. The van der Waals surface area contributed by atoms with Crippen molar-refractivity contribution in [1.82, 2.24) is 25.0 Å². The van der Waals surface area contributed by atoms with Crippen molar-refractivity contribution >= 4 is 44.2 Å². The van der Waals surface area contributed by atoms with Gasteiger partial charge >= 0.3 is 6.03 Å². The number of aliphatic hydroxyl groups is 2. The monoisotopic (exact) mass is 708 g/mol. The molecule has 0 unspecified atom stereocenters. The molecular weight excluding hydrogens is 669 g/mol. The van der Waals surface area contributed by atoms with Crippen molar-refractivity contribution in [3.05, 3.63) is 161 Å². The molecule has 7 aromatic rings. The van der Waals surface area contributed by atoms with Gasteiger partial charge in [0, 0.05) is 24.2 Å². The first-order valence-corrected chi connectivity index (χ1v) is 18.4. The summed E-state index contributed by atoms with van der Waals surface area (Å²) < 4.78 is 1.15. The number of benzene rings is 5. The van der Waals surface area contributed by atoms with E-state index >= 15 is 4.79 Å². The molecule has 5 aromatic carbocycles. The van der Waals surface area contributed by atoms with E-state index in [1.54, 1.807) is 27.3 Å². The fraction of sp³-hybridized carbons (Fsp3) is 0.214. The number of thiazole rings is 1. The summed E-state index contributed by atoms with van der Waals surface area (Å²) in [5, 5.41) is 36.8. The van der Waals surface area contributed by atoms with Gasteiger partial charge in [-0.15, -0.1) is 11.3 Å². The van der Waals surface area contributed by atoms with Gasteiger partial charge in [-0.05, 0) is 71.5 Å². The second-order valence-corrected chi connectivity index (χ2v) is 14.6. The molecule has 3 heterocycles. The Labute approximate surface area is 306 Å². The largest absolute Gasteiger partial charge is 0.388 e. The van der Waals surface area contributed by atoms with Crippen molar-refractivity contribution in [3.8, 4) is 0 Å². The Hall–Kier alpha value is -5.55. The maximum Gasteiger partial charge on any atom is 0.321 e. The number of aromatic nitrogens is 3. The van der Waals surface area contributed by atoms with Gasteiger partial charge in [0.15, 0.2) is 0 Å². The van der Waals surface area contributed by atoms with E-state index in [1.165, 1.54) is 0 Å². The van der Waals surface area contributed by atoms with Gasteiger partial charge in [0.2, 0.25) is 0 Å². The van der Waals surface area contributed by atoms with Gasteiger partial charge in [-0.3, -0.25) is 5.10 Å². The number of hydrogen-bond acceptors (Lipinski definition) is 7. The van der Waals surface area contributed by atoms with Gasteiger partial charge in [-0.1, -0.05) is 91.0 Å². The van der Waals surface area contributed by atoms with Crippen LogP contribution in [0, 0.1) is 0 Å². The van der Waals surface area contributed by atoms with Gasteiger partial charge in [-0.2, -0.15) is 5.10 Å². The van der Waals surface area contributed by atoms with Crippen molar-refractivity contribution in [2.24, 2.45) is 0 Å². The molecular formula is C42H40N6O3S. The SMILES string of the molecule is O=C1N(Cc2cccc(NCc3nc4ccccc4s3)c2)[C@H](Cc2ccccc2)[C@H](O)[C@@H](O)[C@@H](Cc2ccccc2)N1Cc1ccc2[nH]ncc2c1. The Kier molecular flexibility index (Phi) is 9.67. The number of H-pyrrole nitrogens is 1. The van der Waals surface area contributed by atoms with E-state index in [4.69, 9.17) is 4.98 Å². The predicted molar refractivity (Wildman–Crippen MR) is 206 cm³/mol. The first kappa shape index (κ1) is 33.6.